The Morgan fingerprint density at radius 2 is 2.05 bits per heavy atom. The van der Waals surface area contributed by atoms with Crippen LogP contribution in [0.15, 0.2) is 40.8 Å². The molecule has 1 fully saturated rings. The number of amides is 1. The summed E-state index contributed by atoms with van der Waals surface area (Å²) >= 11 is 0. The minimum Gasteiger partial charge on any atom is -0.454 e. The normalized spacial score (nSPS) is 15.1. The van der Waals surface area contributed by atoms with Crippen LogP contribution in [0.2, 0.25) is 0 Å². The molecule has 1 amide bonds. The van der Waals surface area contributed by atoms with Crippen molar-refractivity contribution in [3.63, 3.8) is 0 Å². The second-order valence-electron chi connectivity index (χ2n) is 5.34. The van der Waals surface area contributed by atoms with E-state index in [9.17, 15) is 14.9 Å². The standard InChI is InChI=1S/C16H12N2O4/c19-15-5-2-8-17(15)13-4-1-3-11-12-9-10(18(20)21)6-7-14(12)22-16(11)13/h1,3-4,6-7,9H,2,5,8H2. The second kappa shape index (κ2) is 4.56. The molecule has 110 valence electrons. The van der Waals surface area contributed by atoms with Crippen LogP contribution < -0.4 is 4.90 Å². The van der Waals surface area contributed by atoms with Crippen molar-refractivity contribution in [2.75, 3.05) is 11.4 Å². The molecule has 6 heteroatoms. The average Bonchev–Trinajstić information content (AvgIpc) is 3.09. The summed E-state index contributed by atoms with van der Waals surface area (Å²) < 4.78 is 5.86. The highest BCUT2D eigenvalue weighted by molar-refractivity contribution is 6.12. The van der Waals surface area contributed by atoms with E-state index in [2.05, 4.69) is 0 Å². The molecule has 0 aliphatic carbocycles. The van der Waals surface area contributed by atoms with Gasteiger partial charge in [0.25, 0.3) is 5.69 Å². The summed E-state index contributed by atoms with van der Waals surface area (Å²) in [6.45, 7) is 0.676. The lowest BCUT2D eigenvalue weighted by atomic mass is 10.1. The van der Waals surface area contributed by atoms with Crippen LogP contribution in [0.1, 0.15) is 12.8 Å². The van der Waals surface area contributed by atoms with E-state index in [0.29, 0.717) is 29.5 Å². The Labute approximate surface area is 125 Å². The van der Waals surface area contributed by atoms with Gasteiger partial charge in [-0.2, -0.15) is 0 Å². The maximum absolute atomic E-state index is 12.0. The number of hydrogen-bond donors (Lipinski definition) is 0. The molecule has 1 aromatic heterocycles. The number of para-hydroxylation sites is 1. The number of benzene rings is 2. The topological polar surface area (TPSA) is 76.6 Å². The molecule has 0 saturated carbocycles. The van der Waals surface area contributed by atoms with Crippen LogP contribution >= 0.6 is 0 Å². The summed E-state index contributed by atoms with van der Waals surface area (Å²) in [6.07, 6.45) is 1.38. The lowest BCUT2D eigenvalue weighted by Gasteiger charge is -2.15. The number of fused-ring (bicyclic) bond motifs is 3. The maximum Gasteiger partial charge on any atom is 0.270 e. The molecule has 4 rings (SSSR count). The number of anilines is 1. The van der Waals surface area contributed by atoms with Gasteiger partial charge in [0.2, 0.25) is 5.91 Å². The van der Waals surface area contributed by atoms with Crippen LogP contribution in [-0.2, 0) is 4.79 Å². The second-order valence-corrected chi connectivity index (χ2v) is 5.34. The Bertz CT molecular complexity index is 928. The van der Waals surface area contributed by atoms with Gasteiger partial charge in [0.05, 0.1) is 10.6 Å². The fourth-order valence-corrected chi connectivity index (χ4v) is 3.00. The molecule has 0 atom stereocenters. The van der Waals surface area contributed by atoms with Gasteiger partial charge in [-0.3, -0.25) is 14.9 Å². The quantitative estimate of drug-likeness (QED) is 0.534. The van der Waals surface area contributed by atoms with E-state index in [4.69, 9.17) is 4.42 Å². The van der Waals surface area contributed by atoms with E-state index in [0.717, 1.165) is 17.5 Å². The number of non-ortho nitro benzene ring substituents is 1. The van der Waals surface area contributed by atoms with Crippen molar-refractivity contribution in [1.82, 2.24) is 0 Å². The van der Waals surface area contributed by atoms with Crippen molar-refractivity contribution >= 4 is 39.2 Å². The van der Waals surface area contributed by atoms with Crippen molar-refractivity contribution in [2.45, 2.75) is 12.8 Å². The SMILES string of the molecule is O=C1CCCN1c1cccc2c1oc1ccc([N+](=O)[O-])cc12. The molecule has 1 aliphatic heterocycles. The number of nitro benzene ring substituents is 1. The monoisotopic (exact) mass is 296 g/mol. The zero-order chi connectivity index (χ0) is 15.3. The molecule has 2 aromatic carbocycles. The zero-order valence-corrected chi connectivity index (χ0v) is 11.6. The van der Waals surface area contributed by atoms with Crippen molar-refractivity contribution in [2.24, 2.45) is 0 Å². The van der Waals surface area contributed by atoms with Crippen molar-refractivity contribution in [3.05, 3.63) is 46.5 Å². The van der Waals surface area contributed by atoms with Crippen LogP contribution in [0, 0.1) is 10.1 Å². The number of furan rings is 1. The van der Waals surface area contributed by atoms with E-state index >= 15 is 0 Å². The molecule has 6 nitrogen and oxygen atoms in total. The van der Waals surface area contributed by atoms with E-state index in [1.165, 1.54) is 12.1 Å². The summed E-state index contributed by atoms with van der Waals surface area (Å²) in [4.78, 5) is 24.2. The minimum atomic E-state index is -0.424. The summed E-state index contributed by atoms with van der Waals surface area (Å²) in [5.41, 5.74) is 1.95. The first kappa shape index (κ1) is 12.8. The zero-order valence-electron chi connectivity index (χ0n) is 11.6. The van der Waals surface area contributed by atoms with Gasteiger partial charge >= 0.3 is 0 Å². The van der Waals surface area contributed by atoms with Gasteiger partial charge in [0.1, 0.15) is 5.58 Å². The van der Waals surface area contributed by atoms with Gasteiger partial charge in [-0.1, -0.05) is 12.1 Å². The van der Waals surface area contributed by atoms with E-state index in [-0.39, 0.29) is 11.6 Å². The van der Waals surface area contributed by atoms with E-state index in [1.807, 2.05) is 18.2 Å². The lowest BCUT2D eigenvalue weighted by molar-refractivity contribution is -0.384. The Balaban J connectivity index is 1.99. The third-order valence-corrected chi connectivity index (χ3v) is 4.03. The van der Waals surface area contributed by atoms with E-state index in [1.54, 1.807) is 11.0 Å². The minimum absolute atomic E-state index is 0.0258. The highest BCUT2D eigenvalue weighted by atomic mass is 16.6. The molecule has 0 N–H and O–H groups in total. The van der Waals surface area contributed by atoms with Gasteiger partial charge in [-0.25, -0.2) is 0 Å². The van der Waals surface area contributed by atoms with Crippen molar-refractivity contribution in [1.29, 1.82) is 0 Å². The number of nitro groups is 1. The van der Waals surface area contributed by atoms with Crippen molar-refractivity contribution in [3.8, 4) is 0 Å². The summed E-state index contributed by atoms with van der Waals surface area (Å²) in [6, 6.07) is 10.1. The highest BCUT2D eigenvalue weighted by Gasteiger charge is 2.25. The lowest BCUT2D eigenvalue weighted by Crippen LogP contribution is -2.23. The molecule has 1 saturated heterocycles. The van der Waals surface area contributed by atoms with Gasteiger partial charge in [-0.15, -0.1) is 0 Å². The average molecular weight is 296 g/mol. The number of carbonyl (C=O) groups excluding carboxylic acids is 1. The fraction of sp³-hybridized carbons (Fsp3) is 0.188. The predicted octanol–water partition coefficient (Wildman–Crippen LogP) is 3.62. The first-order chi connectivity index (χ1) is 10.6. The number of rotatable bonds is 2. The number of hydrogen-bond acceptors (Lipinski definition) is 4. The Morgan fingerprint density at radius 3 is 2.77 bits per heavy atom. The van der Waals surface area contributed by atoms with Crippen LogP contribution in [0.25, 0.3) is 21.9 Å². The largest absolute Gasteiger partial charge is 0.454 e. The Morgan fingerprint density at radius 1 is 1.18 bits per heavy atom. The van der Waals surface area contributed by atoms with Gasteiger partial charge in [0, 0.05) is 35.9 Å². The van der Waals surface area contributed by atoms with Crippen LogP contribution in [0.4, 0.5) is 11.4 Å². The molecule has 2 heterocycles. The summed E-state index contributed by atoms with van der Waals surface area (Å²) in [5.74, 6) is 0.0823. The van der Waals surface area contributed by atoms with Crippen molar-refractivity contribution < 1.29 is 14.1 Å². The number of carbonyl (C=O) groups is 1. The third-order valence-electron chi connectivity index (χ3n) is 4.03. The van der Waals surface area contributed by atoms with Crippen LogP contribution in [0.3, 0.4) is 0 Å². The molecule has 0 unspecified atom stereocenters. The van der Waals surface area contributed by atoms with Gasteiger partial charge < -0.3 is 9.32 Å². The molecule has 22 heavy (non-hydrogen) atoms. The molecular formula is C16H12N2O4. The Kier molecular flexibility index (Phi) is 2.66. The molecule has 0 radical (unpaired) electrons. The molecule has 1 aliphatic rings. The Hall–Kier alpha value is -2.89. The molecular weight excluding hydrogens is 284 g/mol. The first-order valence-corrected chi connectivity index (χ1v) is 7.05. The maximum atomic E-state index is 12.0. The summed E-state index contributed by atoms with van der Waals surface area (Å²) in [7, 11) is 0. The van der Waals surface area contributed by atoms with Gasteiger partial charge in [-0.05, 0) is 18.6 Å². The molecule has 0 bridgehead atoms. The predicted molar refractivity (Wildman–Crippen MR) is 82.0 cm³/mol. The van der Waals surface area contributed by atoms with Crippen LogP contribution in [0.5, 0.6) is 0 Å². The summed E-state index contributed by atoms with van der Waals surface area (Å²) in [5, 5.41) is 12.4. The molecule has 3 aromatic rings. The van der Waals surface area contributed by atoms with E-state index < -0.39 is 4.92 Å². The highest BCUT2D eigenvalue weighted by Crippen LogP contribution is 2.37. The smallest absolute Gasteiger partial charge is 0.270 e. The van der Waals surface area contributed by atoms with Gasteiger partial charge in [0.15, 0.2) is 5.58 Å². The number of nitrogens with zero attached hydrogens (tertiary/aromatic N) is 2. The molecule has 0 spiro atoms. The van der Waals surface area contributed by atoms with Crippen LogP contribution in [-0.4, -0.2) is 17.4 Å². The third kappa shape index (κ3) is 1.77. The first-order valence-electron chi connectivity index (χ1n) is 7.05. The fourth-order valence-electron chi connectivity index (χ4n) is 3.00.